The van der Waals surface area contributed by atoms with Gasteiger partial charge in [0.1, 0.15) is 6.07 Å². The first kappa shape index (κ1) is 17.2. The molecule has 2 bridgehead atoms. The van der Waals surface area contributed by atoms with Gasteiger partial charge in [-0.15, -0.1) is 0 Å². The average Bonchev–Trinajstić information content (AvgIpc) is 2.83. The van der Waals surface area contributed by atoms with Gasteiger partial charge in [0.2, 0.25) is 0 Å². The van der Waals surface area contributed by atoms with E-state index in [1.165, 1.54) is 57.9 Å². The van der Waals surface area contributed by atoms with Crippen molar-refractivity contribution in [2.45, 2.75) is 82.7 Å². The van der Waals surface area contributed by atoms with E-state index in [1.54, 1.807) is 0 Å². The average molecular weight is 376 g/mol. The van der Waals surface area contributed by atoms with Crippen molar-refractivity contribution >= 4 is 0 Å². The molecule has 2 saturated heterocycles. The standard InChI is InChI=1S/C16H29N2.HI/c1-3-4-5-6-7-8-13-18(2)15-9-11-16(18,14-17)12-10-15;/h15H,3-13H2,1-2H3;1H/q+1;/p-1. The van der Waals surface area contributed by atoms with Crippen LogP contribution in [0.3, 0.4) is 0 Å². The zero-order valence-electron chi connectivity index (χ0n) is 12.6. The molecule has 3 heteroatoms. The summed E-state index contributed by atoms with van der Waals surface area (Å²) in [5.74, 6) is 0. The van der Waals surface area contributed by atoms with Crippen molar-refractivity contribution in [3.8, 4) is 6.07 Å². The van der Waals surface area contributed by atoms with E-state index in [-0.39, 0.29) is 29.5 Å². The van der Waals surface area contributed by atoms with Crippen LogP contribution in [-0.4, -0.2) is 29.7 Å². The Hall–Kier alpha value is 0.180. The number of fused-ring (bicyclic) bond motifs is 2. The van der Waals surface area contributed by atoms with E-state index in [0.717, 1.165) is 23.4 Å². The Morgan fingerprint density at radius 1 is 1.11 bits per heavy atom. The predicted octanol–water partition coefficient (Wildman–Crippen LogP) is 1.02. The fourth-order valence-corrected chi connectivity index (χ4v) is 4.35. The Morgan fingerprint density at radius 2 is 1.68 bits per heavy atom. The lowest BCUT2D eigenvalue weighted by Gasteiger charge is -2.40. The van der Waals surface area contributed by atoms with Crippen molar-refractivity contribution in [3.05, 3.63) is 0 Å². The van der Waals surface area contributed by atoms with Gasteiger partial charge in [-0.2, -0.15) is 5.26 Å². The van der Waals surface area contributed by atoms with Crippen LogP contribution in [0.15, 0.2) is 0 Å². The molecule has 2 aliphatic rings. The van der Waals surface area contributed by atoms with Crippen LogP contribution in [0.5, 0.6) is 0 Å². The van der Waals surface area contributed by atoms with Crippen LogP contribution in [0.2, 0.25) is 0 Å². The maximum Gasteiger partial charge on any atom is 0.186 e. The van der Waals surface area contributed by atoms with E-state index in [4.69, 9.17) is 0 Å². The number of halogens is 1. The van der Waals surface area contributed by atoms with Crippen LogP contribution >= 0.6 is 0 Å². The van der Waals surface area contributed by atoms with E-state index >= 15 is 0 Å². The number of hydrogen-bond acceptors (Lipinski definition) is 1. The van der Waals surface area contributed by atoms with Gasteiger partial charge in [0.25, 0.3) is 0 Å². The van der Waals surface area contributed by atoms with Crippen molar-refractivity contribution in [2.75, 3.05) is 13.6 Å². The monoisotopic (exact) mass is 376 g/mol. The quantitative estimate of drug-likeness (QED) is 0.370. The molecule has 2 fully saturated rings. The first-order chi connectivity index (χ1) is 8.68. The number of quaternary nitrogens is 1. The van der Waals surface area contributed by atoms with Gasteiger partial charge < -0.3 is 28.5 Å². The lowest BCUT2D eigenvalue weighted by atomic mass is 9.89. The molecular formula is C16H29IN2. The molecule has 0 aromatic heterocycles. The van der Waals surface area contributed by atoms with Crippen molar-refractivity contribution in [1.82, 2.24) is 0 Å². The van der Waals surface area contributed by atoms with Gasteiger partial charge in [-0.1, -0.05) is 32.6 Å². The van der Waals surface area contributed by atoms with E-state index in [9.17, 15) is 5.26 Å². The topological polar surface area (TPSA) is 23.8 Å². The highest BCUT2D eigenvalue weighted by Gasteiger charge is 2.62. The summed E-state index contributed by atoms with van der Waals surface area (Å²) in [7, 11) is 2.36. The highest BCUT2D eigenvalue weighted by atomic mass is 127. The van der Waals surface area contributed by atoms with E-state index in [2.05, 4.69) is 20.0 Å². The van der Waals surface area contributed by atoms with E-state index < -0.39 is 0 Å². The Balaban J connectivity index is 0.00000180. The summed E-state index contributed by atoms with van der Waals surface area (Å²) >= 11 is 0. The maximum absolute atomic E-state index is 9.59. The molecule has 2 heterocycles. The Morgan fingerprint density at radius 3 is 2.26 bits per heavy atom. The SMILES string of the molecule is CCCCCCCC[N+]1(C)C2CCC1(C#N)CC2.[I-]. The summed E-state index contributed by atoms with van der Waals surface area (Å²) in [5, 5.41) is 9.59. The van der Waals surface area contributed by atoms with Gasteiger partial charge in [-0.25, -0.2) is 0 Å². The molecule has 2 rings (SSSR count). The molecule has 0 spiro atoms. The lowest BCUT2D eigenvalue weighted by molar-refractivity contribution is -0.946. The molecule has 0 radical (unpaired) electrons. The summed E-state index contributed by atoms with van der Waals surface area (Å²) in [4.78, 5) is 0. The largest absolute Gasteiger partial charge is 1.00 e. The normalized spacial score (nSPS) is 35.9. The minimum absolute atomic E-state index is 0. The molecule has 110 valence electrons. The molecule has 0 aromatic carbocycles. The van der Waals surface area contributed by atoms with Crippen LogP contribution in [0, 0.1) is 11.3 Å². The summed E-state index contributed by atoms with van der Waals surface area (Å²) in [6, 6.07) is 3.48. The van der Waals surface area contributed by atoms with Gasteiger partial charge in [-0.3, -0.25) is 0 Å². The highest BCUT2D eigenvalue weighted by Crippen LogP contribution is 2.51. The second kappa shape index (κ2) is 7.26. The maximum atomic E-state index is 9.59. The van der Waals surface area contributed by atoms with Crippen LogP contribution in [-0.2, 0) is 0 Å². The third-order valence-electron chi connectivity index (χ3n) is 5.75. The molecule has 1 unspecified atom stereocenters. The number of nitriles is 1. The molecular weight excluding hydrogens is 347 g/mol. The zero-order valence-corrected chi connectivity index (χ0v) is 14.8. The van der Waals surface area contributed by atoms with E-state index in [1.807, 2.05) is 0 Å². The first-order valence-corrected chi connectivity index (χ1v) is 7.95. The smallest absolute Gasteiger partial charge is 0.186 e. The molecule has 19 heavy (non-hydrogen) atoms. The van der Waals surface area contributed by atoms with E-state index in [0.29, 0.717) is 0 Å². The van der Waals surface area contributed by atoms with Gasteiger partial charge in [0.15, 0.2) is 5.54 Å². The Kier molecular flexibility index (Phi) is 6.59. The summed E-state index contributed by atoms with van der Waals surface area (Å²) < 4.78 is 1.08. The first-order valence-electron chi connectivity index (χ1n) is 7.95. The fraction of sp³-hybridized carbons (Fsp3) is 0.938. The fourth-order valence-electron chi connectivity index (χ4n) is 4.35. The van der Waals surface area contributed by atoms with Gasteiger partial charge in [-0.05, 0) is 12.8 Å². The minimum Gasteiger partial charge on any atom is -1.00 e. The van der Waals surface area contributed by atoms with Crippen LogP contribution in [0.25, 0.3) is 0 Å². The Labute approximate surface area is 136 Å². The molecule has 0 aliphatic carbocycles. The van der Waals surface area contributed by atoms with Crippen molar-refractivity contribution in [2.24, 2.45) is 0 Å². The molecule has 0 N–H and O–H groups in total. The molecule has 0 saturated carbocycles. The summed E-state index contributed by atoms with van der Waals surface area (Å²) in [6.45, 7) is 3.51. The van der Waals surface area contributed by atoms with Gasteiger partial charge in [0.05, 0.1) is 19.6 Å². The van der Waals surface area contributed by atoms with Crippen molar-refractivity contribution < 1.29 is 28.5 Å². The second-order valence-electron chi connectivity index (χ2n) is 6.63. The summed E-state index contributed by atoms with van der Waals surface area (Å²) in [5.41, 5.74) is -0.00587. The van der Waals surface area contributed by atoms with Crippen LogP contribution < -0.4 is 24.0 Å². The molecule has 2 aliphatic heterocycles. The van der Waals surface area contributed by atoms with Gasteiger partial charge in [0, 0.05) is 25.7 Å². The zero-order chi connectivity index (χ0) is 13.1. The number of rotatable bonds is 7. The number of hydrogen-bond donors (Lipinski definition) is 0. The Bertz CT molecular complexity index is 315. The molecule has 1 atom stereocenters. The predicted molar refractivity (Wildman–Crippen MR) is 75.0 cm³/mol. The second-order valence-corrected chi connectivity index (χ2v) is 6.63. The van der Waals surface area contributed by atoms with Crippen molar-refractivity contribution in [3.63, 3.8) is 0 Å². The van der Waals surface area contributed by atoms with Crippen LogP contribution in [0.1, 0.15) is 71.1 Å². The lowest BCUT2D eigenvalue weighted by Crippen LogP contribution is -3.00. The van der Waals surface area contributed by atoms with Crippen molar-refractivity contribution in [1.29, 1.82) is 5.26 Å². The molecule has 0 aromatic rings. The summed E-state index contributed by atoms with van der Waals surface area (Å²) in [6.07, 6.45) is 13.1. The third-order valence-corrected chi connectivity index (χ3v) is 5.75. The van der Waals surface area contributed by atoms with Gasteiger partial charge >= 0.3 is 0 Å². The minimum atomic E-state index is -0.00587. The van der Waals surface area contributed by atoms with Crippen LogP contribution in [0.4, 0.5) is 0 Å². The third kappa shape index (κ3) is 3.10. The molecule has 2 nitrogen and oxygen atoms in total. The number of nitrogens with zero attached hydrogens (tertiary/aromatic N) is 2. The molecule has 0 amide bonds. The number of unbranched alkanes of at least 4 members (excludes halogenated alkanes) is 5. The highest BCUT2D eigenvalue weighted by molar-refractivity contribution is 5.10.